The van der Waals surface area contributed by atoms with E-state index in [9.17, 15) is 4.79 Å². The van der Waals surface area contributed by atoms with Crippen LogP contribution in [0.3, 0.4) is 0 Å². The molecule has 0 fully saturated rings. The highest BCUT2D eigenvalue weighted by atomic mass is 16.5. The van der Waals surface area contributed by atoms with E-state index in [0.717, 1.165) is 40.4 Å². The Labute approximate surface area is 166 Å². The van der Waals surface area contributed by atoms with E-state index in [2.05, 4.69) is 22.5 Å². The predicted molar refractivity (Wildman–Crippen MR) is 111 cm³/mol. The van der Waals surface area contributed by atoms with Crippen molar-refractivity contribution in [2.24, 2.45) is 0 Å². The van der Waals surface area contributed by atoms with Crippen molar-refractivity contribution in [3.63, 3.8) is 0 Å². The molecule has 1 amide bonds. The second-order valence-electron chi connectivity index (χ2n) is 7.06. The van der Waals surface area contributed by atoms with Gasteiger partial charge in [0.25, 0.3) is 0 Å². The van der Waals surface area contributed by atoms with E-state index in [0.29, 0.717) is 13.0 Å². The zero-order valence-corrected chi connectivity index (χ0v) is 17.0. The highest BCUT2D eigenvalue weighted by Crippen LogP contribution is 2.20. The minimum atomic E-state index is -0.0292. The molecule has 146 valence electrons. The van der Waals surface area contributed by atoms with E-state index in [4.69, 9.17) is 4.74 Å². The number of aromatic nitrogens is 2. The fourth-order valence-corrected chi connectivity index (χ4v) is 3.37. The lowest BCUT2D eigenvalue weighted by Crippen LogP contribution is -2.25. The van der Waals surface area contributed by atoms with Crippen LogP contribution in [-0.4, -0.2) is 22.8 Å². The molecule has 0 aliphatic heterocycles. The molecule has 1 aromatic heterocycles. The molecule has 1 N–H and O–H groups in total. The number of nitrogens with one attached hydrogen (secondary N) is 1. The van der Waals surface area contributed by atoms with Crippen LogP contribution in [0.15, 0.2) is 48.5 Å². The Balaban J connectivity index is 1.66. The Morgan fingerprint density at radius 3 is 2.57 bits per heavy atom. The molecular formula is C23H27N3O2. The van der Waals surface area contributed by atoms with Crippen molar-refractivity contribution < 1.29 is 9.53 Å². The molecule has 5 nitrogen and oxygen atoms in total. The van der Waals surface area contributed by atoms with Crippen LogP contribution >= 0.6 is 0 Å². The standard InChI is InChI=1S/C23H27N3O2/c1-16-10-11-22(28-4)20(12-16)13-23(27)24-14-21-17(2)25-26(18(21)3)15-19-8-6-5-7-9-19/h5-12H,13-15H2,1-4H3,(H,24,27). The van der Waals surface area contributed by atoms with Crippen LogP contribution in [-0.2, 0) is 24.3 Å². The van der Waals surface area contributed by atoms with Crippen LogP contribution in [0.25, 0.3) is 0 Å². The second kappa shape index (κ2) is 8.74. The molecule has 0 atom stereocenters. The summed E-state index contributed by atoms with van der Waals surface area (Å²) < 4.78 is 7.36. The molecule has 3 rings (SSSR count). The smallest absolute Gasteiger partial charge is 0.224 e. The van der Waals surface area contributed by atoms with Crippen LogP contribution in [0.5, 0.6) is 5.75 Å². The van der Waals surface area contributed by atoms with Gasteiger partial charge in [0.05, 0.1) is 25.8 Å². The van der Waals surface area contributed by atoms with Crippen LogP contribution in [0.4, 0.5) is 0 Å². The first-order valence-electron chi connectivity index (χ1n) is 9.45. The number of ether oxygens (including phenoxy) is 1. The van der Waals surface area contributed by atoms with Gasteiger partial charge >= 0.3 is 0 Å². The van der Waals surface area contributed by atoms with Gasteiger partial charge in [-0.15, -0.1) is 0 Å². The van der Waals surface area contributed by atoms with Gasteiger partial charge in [0, 0.05) is 23.4 Å². The number of hydrogen-bond donors (Lipinski definition) is 1. The SMILES string of the molecule is COc1ccc(C)cc1CC(=O)NCc1c(C)nn(Cc2ccccc2)c1C. The van der Waals surface area contributed by atoms with Gasteiger partial charge in [0.15, 0.2) is 0 Å². The Kier molecular flexibility index (Phi) is 6.14. The fourth-order valence-electron chi connectivity index (χ4n) is 3.37. The van der Waals surface area contributed by atoms with E-state index in [-0.39, 0.29) is 5.91 Å². The summed E-state index contributed by atoms with van der Waals surface area (Å²) in [5.74, 6) is 0.710. The minimum Gasteiger partial charge on any atom is -0.496 e. The molecule has 0 saturated heterocycles. The number of amides is 1. The molecule has 28 heavy (non-hydrogen) atoms. The van der Waals surface area contributed by atoms with Crippen LogP contribution in [0, 0.1) is 20.8 Å². The van der Waals surface area contributed by atoms with E-state index < -0.39 is 0 Å². The number of rotatable bonds is 7. The molecule has 0 spiro atoms. The van der Waals surface area contributed by atoms with E-state index >= 15 is 0 Å². The lowest BCUT2D eigenvalue weighted by Gasteiger charge is -2.10. The second-order valence-corrected chi connectivity index (χ2v) is 7.06. The van der Waals surface area contributed by atoms with Crippen molar-refractivity contribution >= 4 is 5.91 Å². The van der Waals surface area contributed by atoms with Gasteiger partial charge in [-0.05, 0) is 32.4 Å². The third kappa shape index (κ3) is 4.60. The van der Waals surface area contributed by atoms with Gasteiger partial charge in [0.1, 0.15) is 5.75 Å². The number of benzene rings is 2. The van der Waals surface area contributed by atoms with Crippen LogP contribution in [0.2, 0.25) is 0 Å². The molecule has 3 aromatic rings. The molecule has 0 unspecified atom stereocenters. The lowest BCUT2D eigenvalue weighted by molar-refractivity contribution is -0.120. The Hall–Kier alpha value is -3.08. The molecule has 0 radical (unpaired) electrons. The quantitative estimate of drug-likeness (QED) is 0.683. The van der Waals surface area contributed by atoms with Crippen molar-refractivity contribution in [1.29, 1.82) is 0 Å². The molecule has 2 aromatic carbocycles. The maximum atomic E-state index is 12.5. The number of carbonyl (C=O) groups excluding carboxylic acids is 1. The molecule has 0 aliphatic carbocycles. The Morgan fingerprint density at radius 1 is 1.11 bits per heavy atom. The van der Waals surface area contributed by atoms with Crippen molar-refractivity contribution in [1.82, 2.24) is 15.1 Å². The van der Waals surface area contributed by atoms with Crippen molar-refractivity contribution in [3.05, 3.63) is 82.2 Å². The van der Waals surface area contributed by atoms with Crippen LogP contribution in [0.1, 0.15) is 33.6 Å². The van der Waals surface area contributed by atoms with Crippen molar-refractivity contribution in [2.75, 3.05) is 7.11 Å². The third-order valence-electron chi connectivity index (χ3n) is 4.96. The summed E-state index contributed by atoms with van der Waals surface area (Å²) >= 11 is 0. The van der Waals surface area contributed by atoms with E-state index in [1.54, 1.807) is 7.11 Å². The number of carbonyl (C=O) groups is 1. The highest BCUT2D eigenvalue weighted by molar-refractivity contribution is 5.79. The number of nitrogens with zero attached hydrogens (tertiary/aromatic N) is 2. The summed E-state index contributed by atoms with van der Waals surface area (Å²) in [5.41, 5.74) is 6.30. The third-order valence-corrected chi connectivity index (χ3v) is 4.96. The fraction of sp³-hybridized carbons (Fsp3) is 0.304. The lowest BCUT2D eigenvalue weighted by atomic mass is 10.1. The number of aryl methyl sites for hydroxylation is 2. The number of hydrogen-bond acceptors (Lipinski definition) is 3. The van der Waals surface area contributed by atoms with Gasteiger partial charge in [-0.25, -0.2) is 0 Å². The summed E-state index contributed by atoms with van der Waals surface area (Å²) in [6, 6.07) is 16.1. The summed E-state index contributed by atoms with van der Waals surface area (Å²) in [5, 5.41) is 7.68. The van der Waals surface area contributed by atoms with E-state index in [1.165, 1.54) is 5.56 Å². The molecule has 0 aliphatic rings. The maximum absolute atomic E-state index is 12.5. The average Bonchev–Trinajstić information content (AvgIpc) is 2.94. The zero-order valence-electron chi connectivity index (χ0n) is 17.0. The Morgan fingerprint density at radius 2 is 1.86 bits per heavy atom. The average molecular weight is 377 g/mol. The maximum Gasteiger partial charge on any atom is 0.224 e. The molecule has 1 heterocycles. The van der Waals surface area contributed by atoms with Gasteiger partial charge < -0.3 is 10.1 Å². The van der Waals surface area contributed by atoms with Crippen molar-refractivity contribution in [2.45, 2.75) is 40.3 Å². The first-order valence-corrected chi connectivity index (χ1v) is 9.45. The van der Waals surface area contributed by atoms with Gasteiger partial charge in [-0.2, -0.15) is 5.10 Å². The minimum absolute atomic E-state index is 0.0292. The monoisotopic (exact) mass is 377 g/mol. The highest BCUT2D eigenvalue weighted by Gasteiger charge is 2.14. The summed E-state index contributed by atoms with van der Waals surface area (Å²) in [6.45, 7) is 7.24. The predicted octanol–water partition coefficient (Wildman–Crippen LogP) is 3.72. The van der Waals surface area contributed by atoms with E-state index in [1.807, 2.05) is 61.9 Å². The van der Waals surface area contributed by atoms with Crippen molar-refractivity contribution in [3.8, 4) is 5.75 Å². The Bertz CT molecular complexity index is 961. The zero-order chi connectivity index (χ0) is 20.1. The summed E-state index contributed by atoms with van der Waals surface area (Å²) in [4.78, 5) is 12.5. The topological polar surface area (TPSA) is 56.1 Å². The van der Waals surface area contributed by atoms with Gasteiger partial charge in [-0.3, -0.25) is 9.48 Å². The van der Waals surface area contributed by atoms with Gasteiger partial charge in [0.2, 0.25) is 5.91 Å². The first-order chi connectivity index (χ1) is 13.5. The molecule has 0 saturated carbocycles. The summed E-state index contributed by atoms with van der Waals surface area (Å²) in [6.07, 6.45) is 0.293. The molecule has 5 heteroatoms. The number of methoxy groups -OCH3 is 1. The van der Waals surface area contributed by atoms with Gasteiger partial charge in [-0.1, -0.05) is 48.0 Å². The largest absolute Gasteiger partial charge is 0.496 e. The molecule has 0 bridgehead atoms. The summed E-state index contributed by atoms with van der Waals surface area (Å²) in [7, 11) is 1.62. The first kappa shape index (κ1) is 19.7. The van der Waals surface area contributed by atoms with Crippen LogP contribution < -0.4 is 10.1 Å². The molecular weight excluding hydrogens is 350 g/mol. The normalized spacial score (nSPS) is 10.7.